The van der Waals surface area contributed by atoms with Crippen LogP contribution in [0, 0.1) is 5.92 Å². The molecule has 3 N–H and O–H groups in total. The van der Waals surface area contributed by atoms with Crippen LogP contribution >= 0.6 is 11.6 Å². The van der Waals surface area contributed by atoms with Crippen LogP contribution in [0.2, 0.25) is 5.02 Å². The fourth-order valence-corrected chi connectivity index (χ4v) is 3.81. The van der Waals surface area contributed by atoms with Crippen molar-refractivity contribution < 1.29 is 4.74 Å². The van der Waals surface area contributed by atoms with Gasteiger partial charge in [-0.1, -0.05) is 49.2 Å². The van der Waals surface area contributed by atoms with E-state index >= 15 is 0 Å². The molecule has 0 fully saturated rings. The first-order chi connectivity index (χ1) is 15.5. The zero-order valence-corrected chi connectivity index (χ0v) is 22.0. The van der Waals surface area contributed by atoms with E-state index in [2.05, 4.69) is 70.0 Å². The normalized spacial score (nSPS) is 12.5. The zero-order valence-electron chi connectivity index (χ0n) is 21.2. The molecule has 5 heteroatoms. The van der Waals surface area contributed by atoms with E-state index in [9.17, 15) is 0 Å². The van der Waals surface area contributed by atoms with Gasteiger partial charge >= 0.3 is 0 Å². The molecule has 0 bridgehead atoms. The average Bonchev–Trinajstić information content (AvgIpc) is 2.75. The van der Waals surface area contributed by atoms with Crippen molar-refractivity contribution in [1.82, 2.24) is 5.32 Å². The standard InChI is InChI=1S/C28H42ClN3O/c1-21(2)15-16-32(20-28(5,6)31-18-25(30)17-22(3)4)26-11-13-27(14-12-26)33-19-23-7-9-24(29)10-8-23/h7-15,22,25,31H,16-20,30H2,1-6H3/t25-/m0/s1. The highest BCUT2D eigenvalue weighted by molar-refractivity contribution is 6.30. The number of hydrogen-bond donors (Lipinski definition) is 2. The molecule has 0 spiro atoms. The lowest BCUT2D eigenvalue weighted by Gasteiger charge is -2.35. The van der Waals surface area contributed by atoms with E-state index in [0.717, 1.165) is 42.4 Å². The van der Waals surface area contributed by atoms with E-state index < -0.39 is 0 Å². The number of nitrogens with one attached hydrogen (secondary N) is 1. The molecule has 0 saturated heterocycles. The van der Waals surface area contributed by atoms with Crippen LogP contribution in [0.25, 0.3) is 0 Å². The van der Waals surface area contributed by atoms with Crippen molar-refractivity contribution in [3.05, 3.63) is 70.8 Å². The predicted octanol–water partition coefficient (Wildman–Crippen LogP) is 6.43. The predicted molar refractivity (Wildman–Crippen MR) is 143 cm³/mol. The summed E-state index contributed by atoms with van der Waals surface area (Å²) in [6.45, 7) is 16.3. The molecule has 0 heterocycles. The number of ether oxygens (including phenoxy) is 1. The number of nitrogens with two attached hydrogens (primary N) is 1. The second kappa shape index (κ2) is 13.0. The lowest BCUT2D eigenvalue weighted by molar-refractivity contribution is 0.306. The number of hydrogen-bond acceptors (Lipinski definition) is 4. The van der Waals surface area contributed by atoms with Crippen LogP contribution in [0.3, 0.4) is 0 Å². The molecule has 2 rings (SSSR count). The minimum absolute atomic E-state index is 0.0756. The van der Waals surface area contributed by atoms with E-state index in [0.29, 0.717) is 12.5 Å². The highest BCUT2D eigenvalue weighted by Gasteiger charge is 2.22. The van der Waals surface area contributed by atoms with Crippen LogP contribution in [0.1, 0.15) is 53.5 Å². The second-order valence-corrected chi connectivity index (χ2v) is 10.7. The van der Waals surface area contributed by atoms with Crippen LogP contribution in [-0.2, 0) is 6.61 Å². The SMILES string of the molecule is CC(C)=CCN(CC(C)(C)NC[C@@H](N)CC(C)C)c1ccc(OCc2ccc(Cl)cc2)cc1. The topological polar surface area (TPSA) is 50.5 Å². The lowest BCUT2D eigenvalue weighted by Crippen LogP contribution is -2.52. The first-order valence-corrected chi connectivity index (χ1v) is 12.3. The Bertz CT molecular complexity index is 856. The van der Waals surface area contributed by atoms with E-state index in [1.165, 1.54) is 11.3 Å². The van der Waals surface area contributed by atoms with Crippen LogP contribution < -0.4 is 20.7 Å². The summed E-state index contributed by atoms with van der Waals surface area (Å²) in [5.41, 5.74) is 9.82. The van der Waals surface area contributed by atoms with Crippen molar-refractivity contribution in [2.24, 2.45) is 11.7 Å². The van der Waals surface area contributed by atoms with E-state index in [1.807, 2.05) is 36.4 Å². The van der Waals surface area contributed by atoms with E-state index in [1.54, 1.807) is 0 Å². The molecule has 0 aliphatic carbocycles. The van der Waals surface area contributed by atoms with Gasteiger partial charge in [-0.3, -0.25) is 0 Å². The molecular weight excluding hydrogens is 430 g/mol. The third-order valence-corrected chi connectivity index (χ3v) is 5.70. The highest BCUT2D eigenvalue weighted by Crippen LogP contribution is 2.23. The molecule has 2 aromatic carbocycles. The molecule has 4 nitrogen and oxygen atoms in total. The van der Waals surface area contributed by atoms with Crippen molar-refractivity contribution in [3.63, 3.8) is 0 Å². The van der Waals surface area contributed by atoms with Gasteiger partial charge in [-0.25, -0.2) is 0 Å². The summed E-state index contributed by atoms with van der Waals surface area (Å²) >= 11 is 5.96. The maximum Gasteiger partial charge on any atom is 0.119 e. The Morgan fingerprint density at radius 1 is 1.09 bits per heavy atom. The fraction of sp³-hybridized carbons (Fsp3) is 0.500. The molecule has 0 amide bonds. The molecule has 0 aromatic heterocycles. The molecule has 1 atom stereocenters. The van der Waals surface area contributed by atoms with Crippen molar-refractivity contribution in [1.29, 1.82) is 0 Å². The summed E-state index contributed by atoms with van der Waals surface area (Å²) in [5.74, 6) is 1.47. The summed E-state index contributed by atoms with van der Waals surface area (Å²) in [6, 6.07) is 16.3. The van der Waals surface area contributed by atoms with E-state index in [-0.39, 0.29) is 11.6 Å². The highest BCUT2D eigenvalue weighted by atomic mass is 35.5. The van der Waals surface area contributed by atoms with Crippen molar-refractivity contribution >= 4 is 17.3 Å². The number of anilines is 1. The average molecular weight is 472 g/mol. The number of nitrogens with zero attached hydrogens (tertiary/aromatic N) is 1. The van der Waals surface area contributed by atoms with Gasteiger partial charge in [-0.15, -0.1) is 0 Å². The largest absolute Gasteiger partial charge is 0.489 e. The molecule has 182 valence electrons. The Hall–Kier alpha value is -2.01. The van der Waals surface area contributed by atoms with Gasteiger partial charge in [0.1, 0.15) is 12.4 Å². The molecule has 0 radical (unpaired) electrons. The second-order valence-electron chi connectivity index (χ2n) is 10.2. The third-order valence-electron chi connectivity index (χ3n) is 5.44. The van der Waals surface area contributed by atoms with Gasteiger partial charge in [0.15, 0.2) is 0 Å². The van der Waals surface area contributed by atoms with Gasteiger partial charge < -0.3 is 20.7 Å². The minimum Gasteiger partial charge on any atom is -0.489 e. The number of allylic oxidation sites excluding steroid dienone is 1. The van der Waals surface area contributed by atoms with Gasteiger partial charge in [-0.05, 0) is 82.0 Å². The maximum absolute atomic E-state index is 6.31. The number of halogens is 1. The van der Waals surface area contributed by atoms with Crippen LogP contribution in [0.15, 0.2) is 60.2 Å². The van der Waals surface area contributed by atoms with Crippen molar-refractivity contribution in [2.45, 2.75) is 66.2 Å². The van der Waals surface area contributed by atoms with Gasteiger partial charge in [0.2, 0.25) is 0 Å². The maximum atomic E-state index is 6.31. The monoisotopic (exact) mass is 471 g/mol. The number of rotatable bonds is 13. The Balaban J connectivity index is 2.03. The van der Waals surface area contributed by atoms with Gasteiger partial charge in [0.25, 0.3) is 0 Å². The quantitative estimate of drug-likeness (QED) is 0.330. The zero-order chi connectivity index (χ0) is 24.4. The summed E-state index contributed by atoms with van der Waals surface area (Å²) in [5, 5.41) is 4.42. The van der Waals surface area contributed by atoms with Gasteiger partial charge in [0.05, 0.1) is 0 Å². The Labute approximate surface area is 206 Å². The Morgan fingerprint density at radius 3 is 2.30 bits per heavy atom. The summed E-state index contributed by atoms with van der Waals surface area (Å²) < 4.78 is 5.96. The smallest absolute Gasteiger partial charge is 0.119 e. The molecule has 0 saturated carbocycles. The molecular formula is C28H42ClN3O. The van der Waals surface area contributed by atoms with Crippen molar-refractivity contribution in [3.8, 4) is 5.75 Å². The molecule has 0 aliphatic rings. The van der Waals surface area contributed by atoms with Crippen molar-refractivity contribution in [2.75, 3.05) is 24.5 Å². The van der Waals surface area contributed by atoms with Gasteiger partial charge in [-0.2, -0.15) is 0 Å². The first-order valence-electron chi connectivity index (χ1n) is 11.9. The molecule has 0 aliphatic heterocycles. The molecule has 2 aromatic rings. The Morgan fingerprint density at radius 2 is 1.73 bits per heavy atom. The van der Waals surface area contributed by atoms with Crippen LogP contribution in [0.5, 0.6) is 5.75 Å². The van der Waals surface area contributed by atoms with E-state index in [4.69, 9.17) is 22.1 Å². The summed E-state index contributed by atoms with van der Waals surface area (Å²) in [7, 11) is 0. The minimum atomic E-state index is -0.0756. The lowest BCUT2D eigenvalue weighted by atomic mass is 10.0. The van der Waals surface area contributed by atoms with Gasteiger partial charge in [0, 0.05) is 41.9 Å². The fourth-order valence-electron chi connectivity index (χ4n) is 3.68. The third kappa shape index (κ3) is 10.6. The molecule has 0 unspecified atom stereocenters. The molecule has 33 heavy (non-hydrogen) atoms. The number of benzene rings is 2. The van der Waals surface area contributed by atoms with Crippen LogP contribution in [-0.4, -0.2) is 31.2 Å². The summed E-state index contributed by atoms with van der Waals surface area (Å²) in [4.78, 5) is 2.40. The Kier molecular flexibility index (Phi) is 10.7. The van der Waals surface area contributed by atoms with Crippen LogP contribution in [0.4, 0.5) is 5.69 Å². The first kappa shape index (κ1) is 27.2. The summed E-state index contributed by atoms with van der Waals surface area (Å²) in [6.07, 6.45) is 3.30.